The van der Waals surface area contributed by atoms with Crippen LogP contribution in [0.5, 0.6) is 0 Å². The van der Waals surface area contributed by atoms with Crippen molar-refractivity contribution < 1.29 is 4.79 Å². The van der Waals surface area contributed by atoms with Crippen molar-refractivity contribution in [3.8, 4) is 17.1 Å². The molecule has 1 amide bonds. The molecule has 8 heteroatoms. The van der Waals surface area contributed by atoms with Crippen LogP contribution in [-0.2, 0) is 6.54 Å². The van der Waals surface area contributed by atoms with Gasteiger partial charge < -0.3 is 15.2 Å². The second kappa shape index (κ2) is 10.0. The van der Waals surface area contributed by atoms with Crippen molar-refractivity contribution in [3.05, 3.63) is 96.3 Å². The monoisotopic (exact) mass is 491 g/mol. The van der Waals surface area contributed by atoms with Crippen molar-refractivity contribution >= 4 is 22.6 Å². The molecule has 2 aromatic heterocycles. The highest BCUT2D eigenvalue weighted by Crippen LogP contribution is 2.23. The predicted octanol–water partition coefficient (Wildman–Crippen LogP) is 4.42. The molecule has 5 aromatic rings. The number of hydrogen-bond acceptors (Lipinski definition) is 5. The van der Waals surface area contributed by atoms with Gasteiger partial charge in [0.05, 0.1) is 16.7 Å². The number of carbonyl (C=O) groups excluding carboxylic acids is 1. The minimum atomic E-state index is -0.145. The number of anilines is 1. The zero-order valence-electron chi connectivity index (χ0n) is 20.8. The van der Waals surface area contributed by atoms with Crippen molar-refractivity contribution in [2.75, 3.05) is 38.5 Å². The summed E-state index contributed by atoms with van der Waals surface area (Å²) in [5.74, 6) is 0.615. The molecule has 2 N–H and O–H groups in total. The summed E-state index contributed by atoms with van der Waals surface area (Å²) in [6.45, 7) is 5.32. The Labute approximate surface area is 215 Å². The Balaban J connectivity index is 1.12. The summed E-state index contributed by atoms with van der Waals surface area (Å²) in [6.07, 6.45) is 3.66. The average Bonchev–Trinajstić information content (AvgIpc) is 3.61. The molecule has 1 aliphatic rings. The first-order chi connectivity index (χ1) is 18.1. The van der Waals surface area contributed by atoms with E-state index in [0.717, 1.165) is 66.5 Å². The van der Waals surface area contributed by atoms with Crippen LogP contribution in [0.4, 0.5) is 5.69 Å². The number of imidazole rings is 1. The summed E-state index contributed by atoms with van der Waals surface area (Å²) in [5.41, 5.74) is 6.21. The van der Waals surface area contributed by atoms with Gasteiger partial charge in [-0.05, 0) is 73.3 Å². The Hall–Kier alpha value is -4.27. The van der Waals surface area contributed by atoms with Gasteiger partial charge in [-0.15, -0.1) is 0 Å². The number of rotatable bonds is 6. The zero-order valence-corrected chi connectivity index (χ0v) is 20.8. The molecule has 0 spiro atoms. The maximum Gasteiger partial charge on any atom is 0.255 e. The highest BCUT2D eigenvalue weighted by atomic mass is 16.1. The van der Waals surface area contributed by atoms with E-state index in [9.17, 15) is 4.79 Å². The molecule has 6 rings (SSSR count). The molecule has 0 atom stereocenters. The van der Waals surface area contributed by atoms with Crippen LogP contribution in [0.1, 0.15) is 15.9 Å². The quantitative estimate of drug-likeness (QED) is 0.368. The molecule has 0 bridgehead atoms. The maximum atomic E-state index is 13.0. The Morgan fingerprint density at radius 1 is 0.973 bits per heavy atom. The van der Waals surface area contributed by atoms with Crippen molar-refractivity contribution in [3.63, 3.8) is 0 Å². The lowest BCUT2D eigenvalue weighted by Crippen LogP contribution is -2.43. The van der Waals surface area contributed by atoms with E-state index in [4.69, 9.17) is 4.98 Å². The van der Waals surface area contributed by atoms with E-state index in [1.165, 1.54) is 5.56 Å². The van der Waals surface area contributed by atoms with Crippen LogP contribution in [0.15, 0.2) is 85.2 Å². The summed E-state index contributed by atoms with van der Waals surface area (Å²) < 4.78 is 1.81. The van der Waals surface area contributed by atoms with Crippen molar-refractivity contribution in [2.24, 2.45) is 0 Å². The second-order valence-electron chi connectivity index (χ2n) is 9.55. The lowest BCUT2D eigenvalue weighted by molar-refractivity contribution is 0.102. The molecule has 0 unspecified atom stereocenters. The molecule has 8 nitrogen and oxygen atoms in total. The fraction of sp³-hybridized carbons (Fsp3) is 0.207. The van der Waals surface area contributed by atoms with Crippen LogP contribution in [0.25, 0.3) is 28.1 Å². The van der Waals surface area contributed by atoms with E-state index >= 15 is 0 Å². The first-order valence-corrected chi connectivity index (χ1v) is 12.5. The first-order valence-electron chi connectivity index (χ1n) is 12.5. The predicted molar refractivity (Wildman–Crippen MR) is 146 cm³/mol. The van der Waals surface area contributed by atoms with Gasteiger partial charge in [-0.3, -0.25) is 9.69 Å². The summed E-state index contributed by atoms with van der Waals surface area (Å²) in [6, 6.07) is 23.6. The Kier molecular flexibility index (Phi) is 6.26. The molecular formula is C29H29N7O. The van der Waals surface area contributed by atoms with E-state index in [0.29, 0.717) is 5.56 Å². The highest BCUT2D eigenvalue weighted by molar-refractivity contribution is 6.06. The number of fused-ring (bicyclic) bond motifs is 1. The molecule has 3 heterocycles. The van der Waals surface area contributed by atoms with Crippen LogP contribution < -0.4 is 5.32 Å². The van der Waals surface area contributed by atoms with E-state index in [-0.39, 0.29) is 5.91 Å². The number of nitrogens with zero attached hydrogens (tertiary/aromatic N) is 5. The van der Waals surface area contributed by atoms with E-state index < -0.39 is 0 Å². The number of H-pyrrole nitrogens is 1. The van der Waals surface area contributed by atoms with Crippen LogP contribution in [0.3, 0.4) is 0 Å². The van der Waals surface area contributed by atoms with Crippen LogP contribution in [0, 0.1) is 0 Å². The number of nitrogens with one attached hydrogen (secondary N) is 2. The Morgan fingerprint density at radius 2 is 1.76 bits per heavy atom. The molecule has 1 saturated heterocycles. The number of amides is 1. The summed E-state index contributed by atoms with van der Waals surface area (Å²) in [5, 5.41) is 7.28. The lowest BCUT2D eigenvalue weighted by atomic mass is 10.1. The van der Waals surface area contributed by atoms with Crippen LogP contribution in [0.2, 0.25) is 0 Å². The molecule has 186 valence electrons. The smallest absolute Gasteiger partial charge is 0.255 e. The molecule has 0 radical (unpaired) electrons. The van der Waals surface area contributed by atoms with Gasteiger partial charge in [0.25, 0.3) is 5.91 Å². The van der Waals surface area contributed by atoms with E-state index in [1.807, 2.05) is 71.5 Å². The summed E-state index contributed by atoms with van der Waals surface area (Å²) >= 11 is 0. The Bertz CT molecular complexity index is 1500. The van der Waals surface area contributed by atoms with Crippen molar-refractivity contribution in [1.29, 1.82) is 0 Å². The summed E-state index contributed by atoms with van der Waals surface area (Å²) in [7, 11) is 2.17. The van der Waals surface area contributed by atoms with Crippen LogP contribution in [-0.4, -0.2) is 68.7 Å². The number of aromatic nitrogens is 4. The van der Waals surface area contributed by atoms with Gasteiger partial charge in [-0.25, -0.2) is 9.67 Å². The van der Waals surface area contributed by atoms with Gasteiger partial charge in [0.1, 0.15) is 5.82 Å². The summed E-state index contributed by atoms with van der Waals surface area (Å²) in [4.78, 5) is 25.8. The van der Waals surface area contributed by atoms with E-state index in [2.05, 4.69) is 44.4 Å². The van der Waals surface area contributed by atoms with Gasteiger partial charge in [0, 0.05) is 61.9 Å². The minimum absolute atomic E-state index is 0.145. The second-order valence-corrected chi connectivity index (χ2v) is 9.55. The standard InChI is InChI=1S/C29H29N7O/c1-34-15-17-35(18-16-34)20-21-3-8-24(9-4-21)31-29(37)23-7-12-26-27(19-23)33-28(32-26)22-5-10-25(11-6-22)36-14-2-13-30-36/h2-14,19H,15-18,20H2,1H3,(H,31,37)(H,32,33). The SMILES string of the molecule is CN1CCN(Cc2ccc(NC(=O)c3ccc4nc(-c5ccc(-n6cccn6)cc5)[nH]c4c3)cc2)CC1. The molecule has 37 heavy (non-hydrogen) atoms. The number of aromatic amines is 1. The molecule has 3 aromatic carbocycles. The fourth-order valence-corrected chi connectivity index (χ4v) is 4.64. The molecule has 1 fully saturated rings. The zero-order chi connectivity index (χ0) is 25.2. The van der Waals surface area contributed by atoms with Crippen molar-refractivity contribution in [2.45, 2.75) is 6.54 Å². The van der Waals surface area contributed by atoms with E-state index in [1.54, 1.807) is 6.20 Å². The van der Waals surface area contributed by atoms with Gasteiger partial charge in [0.2, 0.25) is 0 Å². The largest absolute Gasteiger partial charge is 0.338 e. The number of hydrogen-bond donors (Lipinski definition) is 2. The first kappa shape index (κ1) is 23.1. The average molecular weight is 492 g/mol. The molecule has 1 aliphatic heterocycles. The van der Waals surface area contributed by atoms with Gasteiger partial charge in [-0.2, -0.15) is 5.10 Å². The normalized spacial score (nSPS) is 14.7. The Morgan fingerprint density at radius 3 is 2.49 bits per heavy atom. The number of benzene rings is 3. The fourth-order valence-electron chi connectivity index (χ4n) is 4.64. The molecule has 0 saturated carbocycles. The minimum Gasteiger partial charge on any atom is -0.338 e. The van der Waals surface area contributed by atoms with Crippen molar-refractivity contribution in [1.82, 2.24) is 29.5 Å². The number of likely N-dealkylation sites (N-methyl/N-ethyl adjacent to an activating group) is 1. The van der Waals surface area contributed by atoms with Gasteiger partial charge in [0.15, 0.2) is 0 Å². The van der Waals surface area contributed by atoms with Gasteiger partial charge >= 0.3 is 0 Å². The molecule has 0 aliphatic carbocycles. The molecular weight excluding hydrogens is 462 g/mol. The van der Waals surface area contributed by atoms with Crippen LogP contribution >= 0.6 is 0 Å². The third kappa shape index (κ3) is 5.16. The number of piperazine rings is 1. The third-order valence-electron chi connectivity index (χ3n) is 6.87. The third-order valence-corrected chi connectivity index (χ3v) is 6.87. The van der Waals surface area contributed by atoms with Gasteiger partial charge in [-0.1, -0.05) is 12.1 Å². The number of carbonyl (C=O) groups is 1. The lowest BCUT2D eigenvalue weighted by Gasteiger charge is -2.32. The maximum absolute atomic E-state index is 13.0. The highest BCUT2D eigenvalue weighted by Gasteiger charge is 2.14. The topological polar surface area (TPSA) is 82.1 Å².